The molecule has 2 heterocycles. The van der Waals surface area contributed by atoms with Gasteiger partial charge in [0.15, 0.2) is 0 Å². The van der Waals surface area contributed by atoms with Gasteiger partial charge in [-0.15, -0.1) is 0 Å². The molecular formula is C27H25ClN2O5. The number of nitrogens with zero attached hydrogens (tertiary/aromatic N) is 2. The van der Waals surface area contributed by atoms with Crippen LogP contribution in [0, 0.1) is 0 Å². The van der Waals surface area contributed by atoms with Crippen LogP contribution in [-0.4, -0.2) is 57.9 Å². The maximum atomic E-state index is 13.6. The summed E-state index contributed by atoms with van der Waals surface area (Å²) in [7, 11) is 1.91. The highest BCUT2D eigenvalue weighted by atomic mass is 35.5. The van der Waals surface area contributed by atoms with Crippen LogP contribution in [0.3, 0.4) is 0 Å². The van der Waals surface area contributed by atoms with Crippen LogP contribution in [0.15, 0.2) is 48.5 Å². The van der Waals surface area contributed by atoms with E-state index in [1.165, 1.54) is 4.90 Å². The topological polar surface area (TPSA) is 92.0 Å². The molecule has 1 aromatic heterocycles. The second-order valence-electron chi connectivity index (χ2n) is 8.55. The fourth-order valence-corrected chi connectivity index (χ4v) is 5.04. The molecule has 0 saturated heterocycles. The molecule has 0 fully saturated rings. The molecule has 2 amide bonds. The van der Waals surface area contributed by atoms with E-state index in [0.29, 0.717) is 57.9 Å². The van der Waals surface area contributed by atoms with Crippen molar-refractivity contribution in [2.24, 2.45) is 7.05 Å². The number of aromatic nitrogens is 1. The van der Waals surface area contributed by atoms with E-state index in [-0.39, 0.29) is 31.6 Å². The minimum Gasteiger partial charge on any atom is -0.493 e. The van der Waals surface area contributed by atoms with Crippen molar-refractivity contribution in [3.05, 3.63) is 64.7 Å². The highest BCUT2D eigenvalue weighted by Crippen LogP contribution is 2.44. The molecule has 1 aliphatic rings. The summed E-state index contributed by atoms with van der Waals surface area (Å²) in [6.07, 6.45) is 0.836. The number of carbonyl (C=O) groups is 2. The summed E-state index contributed by atoms with van der Waals surface area (Å²) in [6.45, 7) is 0.467. The van der Waals surface area contributed by atoms with Crippen LogP contribution in [0.2, 0.25) is 5.02 Å². The van der Waals surface area contributed by atoms with Gasteiger partial charge in [0.1, 0.15) is 5.75 Å². The van der Waals surface area contributed by atoms with Gasteiger partial charge < -0.3 is 19.5 Å². The molecule has 3 aromatic carbocycles. The van der Waals surface area contributed by atoms with E-state index in [0.717, 1.165) is 16.4 Å². The smallest absolute Gasteiger partial charge is 0.262 e. The van der Waals surface area contributed by atoms with Gasteiger partial charge in [0.2, 0.25) is 0 Å². The zero-order chi connectivity index (χ0) is 24.7. The number of aryl methyl sites for hydroxylation is 1. The summed E-state index contributed by atoms with van der Waals surface area (Å²) in [5.74, 6) is -0.0869. The zero-order valence-corrected chi connectivity index (χ0v) is 20.0. The van der Waals surface area contributed by atoms with E-state index in [9.17, 15) is 14.7 Å². The van der Waals surface area contributed by atoms with E-state index < -0.39 is 0 Å². The largest absolute Gasteiger partial charge is 0.493 e. The average Bonchev–Trinajstić information content (AvgIpc) is 3.28. The van der Waals surface area contributed by atoms with Gasteiger partial charge in [-0.3, -0.25) is 14.5 Å². The first-order chi connectivity index (χ1) is 17.0. The van der Waals surface area contributed by atoms with Crippen LogP contribution in [0.25, 0.3) is 32.9 Å². The lowest BCUT2D eigenvalue weighted by Crippen LogP contribution is -2.31. The molecule has 0 spiro atoms. The quantitative estimate of drug-likeness (QED) is 0.281. The van der Waals surface area contributed by atoms with E-state index in [4.69, 9.17) is 21.4 Å². The number of rotatable bonds is 8. The maximum absolute atomic E-state index is 13.6. The summed E-state index contributed by atoms with van der Waals surface area (Å²) >= 11 is 6.53. The fourth-order valence-electron chi connectivity index (χ4n) is 4.80. The normalized spacial score (nSPS) is 13.3. The molecule has 2 N–H and O–H groups in total. The highest BCUT2D eigenvalue weighted by Gasteiger charge is 2.40. The van der Waals surface area contributed by atoms with Crippen molar-refractivity contribution in [1.29, 1.82) is 0 Å². The number of halogens is 1. The Labute approximate surface area is 207 Å². The van der Waals surface area contributed by atoms with E-state index in [1.54, 1.807) is 6.07 Å². The number of hydrogen-bond acceptors (Lipinski definition) is 5. The van der Waals surface area contributed by atoms with Gasteiger partial charge in [-0.25, -0.2) is 0 Å². The van der Waals surface area contributed by atoms with Crippen molar-refractivity contribution in [1.82, 2.24) is 9.47 Å². The van der Waals surface area contributed by atoms with Crippen molar-refractivity contribution in [3.8, 4) is 16.9 Å². The zero-order valence-electron chi connectivity index (χ0n) is 19.3. The van der Waals surface area contributed by atoms with Crippen molar-refractivity contribution >= 4 is 45.2 Å². The summed E-state index contributed by atoms with van der Waals surface area (Å²) in [6, 6.07) is 14.8. The third kappa shape index (κ3) is 3.76. The van der Waals surface area contributed by atoms with Crippen molar-refractivity contribution < 1.29 is 24.5 Å². The van der Waals surface area contributed by atoms with E-state index in [2.05, 4.69) is 0 Å². The van der Waals surface area contributed by atoms with Crippen molar-refractivity contribution in [3.63, 3.8) is 0 Å². The first-order valence-corrected chi connectivity index (χ1v) is 11.9. The summed E-state index contributed by atoms with van der Waals surface area (Å²) in [4.78, 5) is 28.4. The van der Waals surface area contributed by atoms with Gasteiger partial charge in [-0.2, -0.15) is 0 Å². The maximum Gasteiger partial charge on any atom is 0.262 e. The standard InChI is InChI=1S/C27H25ClN2O5/c1-29-21-14-16(35-13-5-12-32)8-9-18(21)23-22(29)15-19(17-6-2-3-7-20(17)28)24-25(23)27(34)30(26(24)33)10-4-11-31/h2-3,6-9,14-15,31-32H,4-5,10-13H2,1H3. The second kappa shape index (κ2) is 9.34. The Kier molecular flexibility index (Phi) is 6.23. The number of hydrogen-bond donors (Lipinski definition) is 2. The number of carbonyl (C=O) groups excluding carboxylic acids is 2. The highest BCUT2D eigenvalue weighted by molar-refractivity contribution is 6.36. The first kappa shape index (κ1) is 23.4. The Morgan fingerprint density at radius 1 is 0.886 bits per heavy atom. The number of benzene rings is 3. The Hall–Kier alpha value is -3.39. The Morgan fingerprint density at radius 3 is 2.37 bits per heavy atom. The van der Waals surface area contributed by atoms with Gasteiger partial charge in [0.05, 0.1) is 28.8 Å². The number of fused-ring (bicyclic) bond motifs is 5. The van der Waals surface area contributed by atoms with E-state index >= 15 is 0 Å². The average molecular weight is 493 g/mol. The van der Waals surface area contributed by atoms with E-state index in [1.807, 2.05) is 54.1 Å². The summed E-state index contributed by atoms with van der Waals surface area (Å²) < 4.78 is 7.75. The SMILES string of the molecule is Cn1c2cc(OCCCO)ccc2c2c3c(c(-c4ccccc4Cl)cc21)C(=O)N(CCCO)C3=O. The minimum atomic E-state index is -0.378. The third-order valence-corrected chi connectivity index (χ3v) is 6.79. The van der Waals surface area contributed by atoms with Gasteiger partial charge in [0.25, 0.3) is 11.8 Å². The van der Waals surface area contributed by atoms with Crippen molar-refractivity contribution in [2.75, 3.05) is 26.4 Å². The molecule has 0 bridgehead atoms. The lowest BCUT2D eigenvalue weighted by atomic mass is 9.93. The van der Waals surface area contributed by atoms with Crippen LogP contribution in [0.4, 0.5) is 0 Å². The molecule has 8 heteroatoms. The van der Waals surface area contributed by atoms with Crippen LogP contribution in [-0.2, 0) is 7.05 Å². The summed E-state index contributed by atoms with van der Waals surface area (Å²) in [5.41, 5.74) is 3.63. The molecule has 0 unspecified atom stereocenters. The van der Waals surface area contributed by atoms with Crippen LogP contribution in [0.5, 0.6) is 5.75 Å². The molecule has 35 heavy (non-hydrogen) atoms. The van der Waals surface area contributed by atoms with Gasteiger partial charge >= 0.3 is 0 Å². The molecule has 4 aromatic rings. The second-order valence-corrected chi connectivity index (χ2v) is 8.96. The lowest BCUT2D eigenvalue weighted by Gasteiger charge is -2.13. The number of imide groups is 1. The molecule has 0 saturated carbocycles. The number of aliphatic hydroxyl groups is 2. The fraction of sp³-hybridized carbons (Fsp3) is 0.259. The van der Waals surface area contributed by atoms with Gasteiger partial charge in [-0.1, -0.05) is 29.8 Å². The predicted octanol–water partition coefficient (Wildman–Crippen LogP) is 4.39. The Bertz CT molecular complexity index is 1480. The minimum absolute atomic E-state index is 0.0518. The monoisotopic (exact) mass is 492 g/mol. The number of ether oxygens (including phenoxy) is 1. The third-order valence-electron chi connectivity index (χ3n) is 6.46. The molecule has 7 nitrogen and oxygen atoms in total. The van der Waals surface area contributed by atoms with Crippen LogP contribution >= 0.6 is 11.6 Å². The lowest BCUT2D eigenvalue weighted by molar-refractivity contribution is 0.0646. The molecular weight excluding hydrogens is 468 g/mol. The number of amides is 2. The number of aliphatic hydroxyl groups excluding tert-OH is 2. The summed E-state index contributed by atoms with van der Waals surface area (Å²) in [5, 5.41) is 20.4. The molecule has 5 rings (SSSR count). The van der Waals surface area contributed by atoms with Gasteiger partial charge in [0, 0.05) is 60.7 Å². The molecule has 180 valence electrons. The Balaban J connectivity index is 1.80. The first-order valence-electron chi connectivity index (χ1n) is 11.5. The van der Waals surface area contributed by atoms with Crippen molar-refractivity contribution in [2.45, 2.75) is 12.8 Å². The van der Waals surface area contributed by atoms with Crippen LogP contribution in [0.1, 0.15) is 33.6 Å². The predicted molar refractivity (Wildman–Crippen MR) is 135 cm³/mol. The molecule has 0 radical (unpaired) electrons. The molecule has 0 atom stereocenters. The Morgan fingerprint density at radius 2 is 1.63 bits per heavy atom. The van der Waals surface area contributed by atoms with Gasteiger partial charge in [-0.05, 0) is 36.2 Å². The van der Waals surface area contributed by atoms with Crippen LogP contribution < -0.4 is 4.74 Å². The molecule has 0 aliphatic carbocycles. The molecule has 1 aliphatic heterocycles.